The molecule has 22 heavy (non-hydrogen) atoms. The molecular weight excluding hydrogens is 308 g/mol. The number of halogens is 1. The number of benzene rings is 1. The van der Waals surface area contributed by atoms with E-state index in [1.54, 1.807) is 30.3 Å². The molecule has 3 rings (SSSR count). The molecule has 0 saturated carbocycles. The van der Waals surface area contributed by atoms with Crippen molar-refractivity contribution in [1.29, 1.82) is 0 Å². The first-order chi connectivity index (χ1) is 10.5. The van der Waals surface area contributed by atoms with Gasteiger partial charge in [-0.2, -0.15) is 0 Å². The van der Waals surface area contributed by atoms with Crippen LogP contribution in [0.5, 0.6) is 0 Å². The number of rotatable bonds is 2. The Morgan fingerprint density at radius 3 is 2.41 bits per heavy atom. The maximum atomic E-state index is 11.6. The number of carbonyl (C=O) groups excluding carboxylic acids is 3. The Morgan fingerprint density at radius 2 is 1.73 bits per heavy atom. The molecule has 1 aromatic carbocycles. The minimum Gasteiger partial charge on any atom is -0.457 e. The summed E-state index contributed by atoms with van der Waals surface area (Å²) < 4.78 is 5.57. The molecule has 2 N–H and O–H groups in total. The van der Waals surface area contributed by atoms with Crippen molar-refractivity contribution in [1.82, 2.24) is 10.6 Å². The smallest absolute Gasteiger partial charge is 0.328 e. The van der Waals surface area contributed by atoms with E-state index in [1.165, 1.54) is 6.08 Å². The summed E-state index contributed by atoms with van der Waals surface area (Å²) in [6, 6.07) is 9.54. The molecule has 4 amide bonds. The lowest BCUT2D eigenvalue weighted by molar-refractivity contribution is -0.123. The number of nitrogens with one attached hydrogen (secondary N) is 2. The van der Waals surface area contributed by atoms with Gasteiger partial charge in [0.2, 0.25) is 0 Å². The number of hydrogen-bond donors (Lipinski definition) is 2. The summed E-state index contributed by atoms with van der Waals surface area (Å²) in [4.78, 5) is 34.2. The summed E-state index contributed by atoms with van der Waals surface area (Å²) in [5.74, 6) is -0.685. The van der Waals surface area contributed by atoms with Crippen molar-refractivity contribution in [2.24, 2.45) is 0 Å². The second-order valence-corrected chi connectivity index (χ2v) is 4.94. The molecule has 2 aromatic rings. The van der Waals surface area contributed by atoms with Crippen LogP contribution in [0.2, 0.25) is 5.02 Å². The van der Waals surface area contributed by atoms with Crippen LogP contribution < -0.4 is 10.6 Å². The van der Waals surface area contributed by atoms with E-state index in [1.807, 2.05) is 16.7 Å². The molecule has 1 aliphatic heterocycles. The van der Waals surface area contributed by atoms with Gasteiger partial charge in [-0.3, -0.25) is 20.2 Å². The van der Waals surface area contributed by atoms with E-state index >= 15 is 0 Å². The quantitative estimate of drug-likeness (QED) is 0.657. The van der Waals surface area contributed by atoms with Gasteiger partial charge in [0.15, 0.2) is 0 Å². The number of furan rings is 1. The topological polar surface area (TPSA) is 88.4 Å². The molecule has 0 radical (unpaired) electrons. The van der Waals surface area contributed by atoms with Crippen LogP contribution in [0.25, 0.3) is 17.4 Å². The van der Waals surface area contributed by atoms with Gasteiger partial charge in [-0.05, 0) is 30.3 Å². The molecule has 1 fully saturated rings. The van der Waals surface area contributed by atoms with Crippen LogP contribution in [0.3, 0.4) is 0 Å². The zero-order chi connectivity index (χ0) is 15.7. The Labute approximate surface area is 129 Å². The third-order valence-corrected chi connectivity index (χ3v) is 3.20. The molecule has 2 heterocycles. The van der Waals surface area contributed by atoms with Gasteiger partial charge in [0.05, 0.1) is 0 Å². The van der Waals surface area contributed by atoms with E-state index in [0.29, 0.717) is 16.5 Å². The summed E-state index contributed by atoms with van der Waals surface area (Å²) in [5.41, 5.74) is 0.566. The van der Waals surface area contributed by atoms with Crippen LogP contribution in [-0.2, 0) is 9.59 Å². The van der Waals surface area contributed by atoms with Crippen LogP contribution in [0.15, 0.2) is 46.4 Å². The average Bonchev–Trinajstić information content (AvgIpc) is 2.91. The average molecular weight is 317 g/mol. The first kappa shape index (κ1) is 14.1. The van der Waals surface area contributed by atoms with Gasteiger partial charge >= 0.3 is 6.03 Å². The van der Waals surface area contributed by atoms with Gasteiger partial charge in [0.25, 0.3) is 11.8 Å². The number of hydrogen-bond acceptors (Lipinski definition) is 4. The minimum atomic E-state index is -0.841. The molecular formula is C15H9ClN2O4. The second kappa shape index (κ2) is 5.50. The van der Waals surface area contributed by atoms with Crippen LogP contribution in [0.4, 0.5) is 4.79 Å². The lowest BCUT2D eigenvalue weighted by Gasteiger charge is -2.13. The summed E-state index contributed by atoms with van der Waals surface area (Å²) in [6.07, 6.45) is 1.27. The molecule has 110 valence electrons. The number of barbiturate groups is 1. The third-order valence-electron chi connectivity index (χ3n) is 2.97. The lowest BCUT2D eigenvalue weighted by Crippen LogP contribution is -2.51. The van der Waals surface area contributed by atoms with Gasteiger partial charge in [-0.1, -0.05) is 23.7 Å². The van der Waals surface area contributed by atoms with Gasteiger partial charge in [0, 0.05) is 10.6 Å². The highest BCUT2D eigenvalue weighted by atomic mass is 35.5. The number of amides is 4. The zero-order valence-electron chi connectivity index (χ0n) is 11.1. The molecule has 6 nitrogen and oxygen atoms in total. The maximum Gasteiger partial charge on any atom is 0.328 e. The first-order valence-corrected chi connectivity index (χ1v) is 6.65. The Balaban J connectivity index is 1.91. The molecule has 0 bridgehead atoms. The van der Waals surface area contributed by atoms with Crippen LogP contribution in [0.1, 0.15) is 5.76 Å². The summed E-state index contributed by atoms with van der Waals surface area (Å²) in [7, 11) is 0. The first-order valence-electron chi connectivity index (χ1n) is 6.27. The summed E-state index contributed by atoms with van der Waals surface area (Å²) in [5, 5.41) is 4.55. The van der Waals surface area contributed by atoms with Crippen molar-refractivity contribution in [2.45, 2.75) is 0 Å². The molecule has 7 heteroatoms. The van der Waals surface area contributed by atoms with E-state index in [2.05, 4.69) is 0 Å². The fourth-order valence-electron chi connectivity index (χ4n) is 1.98. The molecule has 0 unspecified atom stereocenters. The Hall–Kier alpha value is -2.86. The second-order valence-electron chi connectivity index (χ2n) is 4.51. The summed E-state index contributed by atoms with van der Waals surface area (Å²) >= 11 is 5.92. The van der Waals surface area contributed by atoms with Crippen molar-refractivity contribution >= 4 is 35.5 Å². The Morgan fingerprint density at radius 1 is 1.00 bits per heavy atom. The molecule has 0 aliphatic carbocycles. The molecule has 0 atom stereocenters. The van der Waals surface area contributed by atoms with Crippen LogP contribution in [-0.4, -0.2) is 17.8 Å². The Kier molecular flexibility index (Phi) is 3.52. The van der Waals surface area contributed by atoms with Gasteiger partial charge in [-0.25, -0.2) is 4.79 Å². The van der Waals surface area contributed by atoms with Crippen molar-refractivity contribution in [3.63, 3.8) is 0 Å². The zero-order valence-corrected chi connectivity index (χ0v) is 11.8. The highest BCUT2D eigenvalue weighted by Gasteiger charge is 2.28. The van der Waals surface area contributed by atoms with Crippen LogP contribution >= 0.6 is 11.6 Å². The molecule has 1 aromatic heterocycles. The number of carbonyl (C=O) groups is 3. The fourth-order valence-corrected chi connectivity index (χ4v) is 2.17. The van der Waals surface area contributed by atoms with E-state index in [9.17, 15) is 14.4 Å². The van der Waals surface area contributed by atoms with E-state index in [4.69, 9.17) is 16.0 Å². The van der Waals surface area contributed by atoms with Crippen molar-refractivity contribution in [2.75, 3.05) is 0 Å². The normalized spacial score (nSPS) is 14.6. The highest BCUT2D eigenvalue weighted by Crippen LogP contribution is 2.25. The van der Waals surface area contributed by atoms with Crippen molar-refractivity contribution in [3.8, 4) is 11.3 Å². The van der Waals surface area contributed by atoms with E-state index in [-0.39, 0.29) is 5.57 Å². The van der Waals surface area contributed by atoms with E-state index < -0.39 is 17.8 Å². The largest absolute Gasteiger partial charge is 0.457 e. The number of imide groups is 2. The molecule has 1 saturated heterocycles. The van der Waals surface area contributed by atoms with Crippen molar-refractivity contribution in [3.05, 3.63) is 52.8 Å². The lowest BCUT2D eigenvalue weighted by atomic mass is 10.1. The minimum absolute atomic E-state index is 0.202. The maximum absolute atomic E-state index is 11.6. The SMILES string of the molecule is O=C1NC(=O)C(=Cc2ccc(-c3cccc(Cl)c3)o2)C(=O)N1. The highest BCUT2D eigenvalue weighted by molar-refractivity contribution is 6.31. The molecule has 1 aliphatic rings. The summed E-state index contributed by atoms with van der Waals surface area (Å²) in [6.45, 7) is 0. The van der Waals surface area contributed by atoms with Gasteiger partial charge in [-0.15, -0.1) is 0 Å². The van der Waals surface area contributed by atoms with Crippen molar-refractivity contribution < 1.29 is 18.8 Å². The number of urea groups is 1. The predicted octanol–water partition coefficient (Wildman–Crippen LogP) is 2.35. The molecule has 0 spiro atoms. The van der Waals surface area contributed by atoms with Gasteiger partial charge in [0.1, 0.15) is 17.1 Å². The predicted molar refractivity (Wildman–Crippen MR) is 78.8 cm³/mol. The van der Waals surface area contributed by atoms with Crippen LogP contribution in [0, 0.1) is 0 Å². The third kappa shape index (κ3) is 2.77. The Bertz CT molecular complexity index is 800. The standard InChI is InChI=1S/C15H9ClN2O4/c16-9-3-1-2-8(6-9)12-5-4-10(22-12)7-11-13(19)17-15(21)18-14(11)20/h1-7H,(H2,17,18,19,20,21). The van der Waals surface area contributed by atoms with Gasteiger partial charge < -0.3 is 4.42 Å². The van der Waals surface area contributed by atoms with E-state index in [0.717, 1.165) is 5.56 Å². The monoisotopic (exact) mass is 316 g/mol. The fraction of sp³-hybridized carbons (Fsp3) is 0.